The molecule has 1 aromatic heterocycles. The lowest BCUT2D eigenvalue weighted by atomic mass is 10.1. The van der Waals surface area contributed by atoms with Crippen molar-refractivity contribution in [1.82, 2.24) is 20.1 Å². The monoisotopic (exact) mass is 230 g/mol. The molecule has 0 amide bonds. The van der Waals surface area contributed by atoms with Crippen LogP contribution in [0.3, 0.4) is 0 Å². The van der Waals surface area contributed by atoms with Gasteiger partial charge in [-0.25, -0.2) is 4.98 Å². The lowest BCUT2D eigenvalue weighted by Gasteiger charge is -2.18. The summed E-state index contributed by atoms with van der Waals surface area (Å²) < 4.78 is 1.86. The van der Waals surface area contributed by atoms with E-state index in [1.165, 1.54) is 5.56 Å². The molecule has 4 heteroatoms. The lowest BCUT2D eigenvalue weighted by Crippen LogP contribution is -2.26. The van der Waals surface area contributed by atoms with E-state index in [0.29, 0.717) is 0 Å². The minimum absolute atomic E-state index is 0.290. The van der Waals surface area contributed by atoms with Crippen molar-refractivity contribution in [2.45, 2.75) is 25.9 Å². The summed E-state index contributed by atoms with van der Waals surface area (Å²) in [7, 11) is 0. The number of aromatic nitrogens is 3. The number of hydrogen-bond donors (Lipinski definition) is 1. The summed E-state index contributed by atoms with van der Waals surface area (Å²) >= 11 is 0. The Morgan fingerprint density at radius 3 is 2.76 bits per heavy atom. The van der Waals surface area contributed by atoms with Gasteiger partial charge in [-0.1, -0.05) is 37.3 Å². The van der Waals surface area contributed by atoms with Crippen LogP contribution in [0.4, 0.5) is 0 Å². The quantitative estimate of drug-likeness (QED) is 0.825. The molecule has 1 atom stereocenters. The summed E-state index contributed by atoms with van der Waals surface area (Å²) in [6.45, 7) is 3.99. The molecule has 0 saturated heterocycles. The van der Waals surface area contributed by atoms with Crippen LogP contribution in [0.25, 0.3) is 0 Å². The lowest BCUT2D eigenvalue weighted by molar-refractivity contribution is 0.438. The molecule has 0 spiro atoms. The SMILES string of the molecule is CCCNC(Cn1cncn1)c1ccccc1. The van der Waals surface area contributed by atoms with Crippen LogP contribution >= 0.6 is 0 Å². The molecule has 4 nitrogen and oxygen atoms in total. The van der Waals surface area contributed by atoms with Crippen LogP contribution in [0.1, 0.15) is 24.9 Å². The number of benzene rings is 1. The molecule has 0 aliphatic rings. The van der Waals surface area contributed by atoms with E-state index in [-0.39, 0.29) is 6.04 Å². The average Bonchev–Trinajstić information content (AvgIpc) is 2.88. The maximum Gasteiger partial charge on any atom is 0.137 e. The zero-order valence-corrected chi connectivity index (χ0v) is 10.1. The fourth-order valence-corrected chi connectivity index (χ4v) is 1.81. The van der Waals surface area contributed by atoms with Gasteiger partial charge in [-0.3, -0.25) is 4.68 Å². The number of rotatable bonds is 6. The summed E-state index contributed by atoms with van der Waals surface area (Å²) in [6, 6.07) is 10.7. The molecular weight excluding hydrogens is 212 g/mol. The molecule has 1 N–H and O–H groups in total. The second kappa shape index (κ2) is 6.15. The van der Waals surface area contributed by atoms with Gasteiger partial charge in [0.05, 0.1) is 12.6 Å². The van der Waals surface area contributed by atoms with Crippen molar-refractivity contribution in [2.24, 2.45) is 0 Å². The van der Waals surface area contributed by atoms with Crippen LogP contribution < -0.4 is 5.32 Å². The minimum Gasteiger partial charge on any atom is -0.308 e. The second-order valence-electron chi connectivity index (χ2n) is 4.03. The van der Waals surface area contributed by atoms with Gasteiger partial charge in [-0.05, 0) is 18.5 Å². The molecule has 2 aromatic rings. The van der Waals surface area contributed by atoms with Gasteiger partial charge in [0, 0.05) is 0 Å². The van der Waals surface area contributed by atoms with Gasteiger partial charge in [-0.2, -0.15) is 5.10 Å². The second-order valence-corrected chi connectivity index (χ2v) is 4.03. The first kappa shape index (κ1) is 11.8. The fourth-order valence-electron chi connectivity index (χ4n) is 1.81. The molecule has 0 saturated carbocycles. The zero-order chi connectivity index (χ0) is 11.9. The summed E-state index contributed by atoms with van der Waals surface area (Å²) in [5.74, 6) is 0. The minimum atomic E-state index is 0.290. The van der Waals surface area contributed by atoms with Crippen molar-refractivity contribution in [2.75, 3.05) is 6.54 Å². The maximum atomic E-state index is 4.16. The maximum absolute atomic E-state index is 4.16. The van der Waals surface area contributed by atoms with E-state index in [9.17, 15) is 0 Å². The summed E-state index contributed by atoms with van der Waals surface area (Å²) in [5.41, 5.74) is 1.29. The van der Waals surface area contributed by atoms with E-state index in [2.05, 4.69) is 46.6 Å². The van der Waals surface area contributed by atoms with Crippen molar-refractivity contribution in [3.05, 3.63) is 48.5 Å². The first-order valence-electron chi connectivity index (χ1n) is 6.01. The molecule has 1 heterocycles. The highest BCUT2D eigenvalue weighted by Gasteiger charge is 2.10. The molecule has 1 unspecified atom stereocenters. The highest BCUT2D eigenvalue weighted by molar-refractivity contribution is 5.18. The third kappa shape index (κ3) is 3.39. The molecule has 0 fully saturated rings. The molecule has 1 aromatic carbocycles. The molecule has 0 aliphatic carbocycles. The van der Waals surface area contributed by atoms with Crippen molar-refractivity contribution in [3.63, 3.8) is 0 Å². The Balaban J connectivity index is 2.08. The summed E-state index contributed by atoms with van der Waals surface area (Å²) in [4.78, 5) is 3.97. The van der Waals surface area contributed by atoms with Gasteiger partial charge in [0.2, 0.25) is 0 Å². The molecule has 0 radical (unpaired) electrons. The Bertz CT molecular complexity index is 410. The van der Waals surface area contributed by atoms with E-state index in [1.54, 1.807) is 12.7 Å². The first-order valence-corrected chi connectivity index (χ1v) is 6.01. The standard InChI is InChI=1S/C13H18N4/c1-2-8-15-13(9-17-11-14-10-16-17)12-6-4-3-5-7-12/h3-7,10-11,13,15H,2,8-9H2,1H3. The predicted octanol–water partition coefficient (Wildman–Crippen LogP) is 2.02. The number of hydrogen-bond acceptors (Lipinski definition) is 3. The van der Waals surface area contributed by atoms with Crippen LogP contribution in [0.15, 0.2) is 43.0 Å². The van der Waals surface area contributed by atoms with Crippen molar-refractivity contribution in [3.8, 4) is 0 Å². The first-order chi connectivity index (χ1) is 8.40. The van der Waals surface area contributed by atoms with Crippen LogP contribution in [0.2, 0.25) is 0 Å². The van der Waals surface area contributed by atoms with E-state index in [0.717, 1.165) is 19.5 Å². The van der Waals surface area contributed by atoms with Crippen LogP contribution in [0.5, 0.6) is 0 Å². The van der Waals surface area contributed by atoms with Crippen molar-refractivity contribution < 1.29 is 0 Å². The van der Waals surface area contributed by atoms with Gasteiger partial charge in [0.1, 0.15) is 12.7 Å². The molecule has 0 bridgehead atoms. The Kier molecular flexibility index (Phi) is 4.27. The molecular formula is C13H18N4. The van der Waals surface area contributed by atoms with E-state index < -0.39 is 0 Å². The average molecular weight is 230 g/mol. The topological polar surface area (TPSA) is 42.7 Å². The van der Waals surface area contributed by atoms with E-state index in [1.807, 2.05) is 10.7 Å². The predicted molar refractivity (Wildman–Crippen MR) is 67.5 cm³/mol. The van der Waals surface area contributed by atoms with Crippen LogP contribution in [-0.2, 0) is 6.54 Å². The van der Waals surface area contributed by atoms with Gasteiger partial charge in [0.15, 0.2) is 0 Å². The molecule has 0 aliphatic heterocycles. The van der Waals surface area contributed by atoms with Gasteiger partial charge < -0.3 is 5.32 Å². The Labute approximate surface area is 102 Å². The molecule has 2 rings (SSSR count). The van der Waals surface area contributed by atoms with E-state index in [4.69, 9.17) is 0 Å². The van der Waals surface area contributed by atoms with Gasteiger partial charge in [-0.15, -0.1) is 0 Å². The van der Waals surface area contributed by atoms with Gasteiger partial charge in [0.25, 0.3) is 0 Å². The Morgan fingerprint density at radius 1 is 1.29 bits per heavy atom. The Morgan fingerprint density at radius 2 is 2.12 bits per heavy atom. The fraction of sp³-hybridized carbons (Fsp3) is 0.385. The number of nitrogens with zero attached hydrogens (tertiary/aromatic N) is 3. The van der Waals surface area contributed by atoms with Gasteiger partial charge >= 0.3 is 0 Å². The highest BCUT2D eigenvalue weighted by Crippen LogP contribution is 2.14. The largest absolute Gasteiger partial charge is 0.308 e. The van der Waals surface area contributed by atoms with Crippen LogP contribution in [-0.4, -0.2) is 21.3 Å². The Hall–Kier alpha value is -1.68. The van der Waals surface area contributed by atoms with Crippen molar-refractivity contribution in [1.29, 1.82) is 0 Å². The summed E-state index contributed by atoms with van der Waals surface area (Å²) in [6.07, 6.45) is 4.45. The van der Waals surface area contributed by atoms with E-state index >= 15 is 0 Å². The third-order valence-corrected chi connectivity index (χ3v) is 2.68. The highest BCUT2D eigenvalue weighted by atomic mass is 15.3. The molecule has 17 heavy (non-hydrogen) atoms. The smallest absolute Gasteiger partial charge is 0.137 e. The third-order valence-electron chi connectivity index (χ3n) is 2.68. The van der Waals surface area contributed by atoms with Crippen LogP contribution in [0, 0.1) is 0 Å². The number of nitrogens with one attached hydrogen (secondary N) is 1. The zero-order valence-electron chi connectivity index (χ0n) is 10.1. The van der Waals surface area contributed by atoms with Crippen molar-refractivity contribution >= 4 is 0 Å². The molecule has 90 valence electrons. The normalized spacial score (nSPS) is 12.5. The summed E-state index contributed by atoms with van der Waals surface area (Å²) in [5, 5.41) is 7.69.